The van der Waals surface area contributed by atoms with Crippen LogP contribution in [0.4, 0.5) is 4.39 Å². The normalized spacial score (nSPS) is 24.3. The van der Waals surface area contributed by atoms with E-state index in [-0.39, 0.29) is 17.6 Å². The number of nitrogens with zero attached hydrogens (tertiary/aromatic N) is 1. The van der Waals surface area contributed by atoms with Gasteiger partial charge >= 0.3 is 5.97 Å². The summed E-state index contributed by atoms with van der Waals surface area (Å²) >= 11 is 0. The van der Waals surface area contributed by atoms with Gasteiger partial charge in [0, 0.05) is 42.6 Å². The molecular weight excluding hydrogens is 311 g/mol. The SMILES string of the molecule is COC(=O)c1cc(OC2[C@H]3CNC[C@@H]23)cc(-c2ccc(F)cc2)n1. The second-order valence-corrected chi connectivity index (χ2v) is 6.14. The summed E-state index contributed by atoms with van der Waals surface area (Å²) in [6.07, 6.45) is 0.181. The molecule has 5 nitrogen and oxygen atoms in total. The van der Waals surface area contributed by atoms with E-state index < -0.39 is 5.97 Å². The standard InChI is InChI=1S/C18H17FN2O3/c1-23-18(22)16-7-12(24-17-13-8-20-9-14(13)17)6-15(21-16)10-2-4-11(19)5-3-10/h2-7,13-14,17,20H,8-9H2,1H3/t13-,14+,17?. The molecule has 6 heteroatoms. The van der Waals surface area contributed by atoms with Crippen molar-refractivity contribution in [3.63, 3.8) is 0 Å². The van der Waals surface area contributed by atoms with Crippen LogP contribution < -0.4 is 10.1 Å². The van der Waals surface area contributed by atoms with Crippen LogP contribution in [0.3, 0.4) is 0 Å². The van der Waals surface area contributed by atoms with E-state index in [0.29, 0.717) is 28.8 Å². The van der Waals surface area contributed by atoms with E-state index in [1.165, 1.54) is 19.2 Å². The first-order valence-corrected chi connectivity index (χ1v) is 7.89. The molecule has 0 spiro atoms. The third-order valence-electron chi connectivity index (χ3n) is 4.62. The molecule has 1 unspecified atom stereocenters. The average Bonchev–Trinajstić information content (AvgIpc) is 3.03. The summed E-state index contributed by atoms with van der Waals surface area (Å²) in [7, 11) is 1.31. The van der Waals surface area contributed by atoms with Gasteiger partial charge in [-0.15, -0.1) is 0 Å². The van der Waals surface area contributed by atoms with Crippen molar-refractivity contribution in [3.8, 4) is 17.0 Å². The van der Waals surface area contributed by atoms with Gasteiger partial charge in [-0.2, -0.15) is 0 Å². The Bertz CT molecular complexity index is 768. The molecule has 2 fully saturated rings. The molecule has 0 radical (unpaired) electrons. The first kappa shape index (κ1) is 15.1. The molecule has 2 aromatic rings. The van der Waals surface area contributed by atoms with Crippen molar-refractivity contribution in [2.24, 2.45) is 11.8 Å². The van der Waals surface area contributed by atoms with Gasteiger partial charge in [-0.05, 0) is 24.3 Å². The fraction of sp³-hybridized carbons (Fsp3) is 0.333. The number of hydrogen-bond acceptors (Lipinski definition) is 5. The van der Waals surface area contributed by atoms with Crippen molar-refractivity contribution in [3.05, 3.63) is 47.9 Å². The predicted molar refractivity (Wildman–Crippen MR) is 85.2 cm³/mol. The number of rotatable bonds is 4. The van der Waals surface area contributed by atoms with E-state index in [0.717, 1.165) is 13.1 Å². The van der Waals surface area contributed by atoms with Crippen molar-refractivity contribution in [1.29, 1.82) is 0 Å². The molecule has 24 heavy (non-hydrogen) atoms. The first-order chi connectivity index (χ1) is 11.7. The summed E-state index contributed by atoms with van der Waals surface area (Å²) in [5, 5.41) is 3.32. The number of hydrogen-bond donors (Lipinski definition) is 1. The maximum absolute atomic E-state index is 13.1. The van der Waals surface area contributed by atoms with Crippen LogP contribution in [0.15, 0.2) is 36.4 Å². The number of fused-ring (bicyclic) bond motifs is 1. The lowest BCUT2D eigenvalue weighted by Crippen LogP contribution is -2.20. The highest BCUT2D eigenvalue weighted by Crippen LogP contribution is 2.44. The van der Waals surface area contributed by atoms with Gasteiger partial charge in [-0.25, -0.2) is 14.2 Å². The molecule has 0 amide bonds. The number of ether oxygens (including phenoxy) is 2. The van der Waals surface area contributed by atoms with Crippen molar-refractivity contribution in [2.75, 3.05) is 20.2 Å². The number of carbonyl (C=O) groups is 1. The van der Waals surface area contributed by atoms with E-state index in [4.69, 9.17) is 9.47 Å². The molecule has 2 heterocycles. The molecule has 3 atom stereocenters. The average molecular weight is 328 g/mol. The van der Waals surface area contributed by atoms with Crippen LogP contribution in [0.5, 0.6) is 5.75 Å². The first-order valence-electron chi connectivity index (χ1n) is 7.89. The van der Waals surface area contributed by atoms with Gasteiger partial charge in [0.25, 0.3) is 0 Å². The Hall–Kier alpha value is -2.47. The Morgan fingerprint density at radius 1 is 1.21 bits per heavy atom. The highest BCUT2D eigenvalue weighted by Gasteiger charge is 2.55. The quantitative estimate of drug-likeness (QED) is 0.873. The molecule has 4 rings (SSSR count). The van der Waals surface area contributed by atoms with Crippen LogP contribution in [0.2, 0.25) is 0 Å². The second kappa shape index (κ2) is 5.87. The summed E-state index contributed by atoms with van der Waals surface area (Å²) in [6.45, 7) is 1.93. The zero-order valence-corrected chi connectivity index (χ0v) is 13.2. The fourth-order valence-corrected chi connectivity index (χ4v) is 3.24. The Labute approximate surface area is 138 Å². The van der Waals surface area contributed by atoms with Gasteiger partial charge < -0.3 is 14.8 Å². The smallest absolute Gasteiger partial charge is 0.356 e. The molecule has 1 aliphatic carbocycles. The molecular formula is C18H17FN2O3. The van der Waals surface area contributed by atoms with Crippen molar-refractivity contribution in [1.82, 2.24) is 10.3 Å². The van der Waals surface area contributed by atoms with E-state index in [1.807, 2.05) is 0 Å². The summed E-state index contributed by atoms with van der Waals surface area (Å²) in [6, 6.07) is 9.34. The number of carbonyl (C=O) groups excluding carboxylic acids is 1. The van der Waals surface area contributed by atoms with E-state index in [9.17, 15) is 9.18 Å². The van der Waals surface area contributed by atoms with Gasteiger partial charge in [0.05, 0.1) is 12.8 Å². The minimum Gasteiger partial charge on any atom is -0.490 e. The Morgan fingerprint density at radius 3 is 2.58 bits per heavy atom. The van der Waals surface area contributed by atoms with E-state index >= 15 is 0 Å². The van der Waals surface area contributed by atoms with E-state index in [2.05, 4.69) is 10.3 Å². The third-order valence-corrected chi connectivity index (χ3v) is 4.62. The van der Waals surface area contributed by atoms with Gasteiger partial charge in [0.15, 0.2) is 5.69 Å². The Kier molecular flexibility index (Phi) is 3.69. The lowest BCUT2D eigenvalue weighted by molar-refractivity contribution is 0.0593. The Balaban J connectivity index is 1.66. The van der Waals surface area contributed by atoms with Crippen LogP contribution in [-0.4, -0.2) is 37.3 Å². The number of esters is 1. The molecule has 1 aromatic heterocycles. The van der Waals surface area contributed by atoms with Crippen molar-refractivity contribution >= 4 is 5.97 Å². The molecule has 1 aliphatic heterocycles. The van der Waals surface area contributed by atoms with E-state index in [1.54, 1.807) is 24.3 Å². The van der Waals surface area contributed by atoms with Crippen LogP contribution in [0, 0.1) is 17.7 Å². The predicted octanol–water partition coefficient (Wildman–Crippen LogP) is 2.27. The maximum Gasteiger partial charge on any atom is 0.356 e. The fourth-order valence-electron chi connectivity index (χ4n) is 3.24. The maximum atomic E-state index is 13.1. The van der Waals surface area contributed by atoms with Gasteiger partial charge in [0.1, 0.15) is 17.7 Å². The topological polar surface area (TPSA) is 60.5 Å². The monoisotopic (exact) mass is 328 g/mol. The number of piperidine rings is 1. The summed E-state index contributed by atoms with van der Waals surface area (Å²) in [4.78, 5) is 16.2. The van der Waals surface area contributed by atoms with Crippen molar-refractivity contribution in [2.45, 2.75) is 6.10 Å². The Morgan fingerprint density at radius 2 is 1.92 bits per heavy atom. The number of pyridine rings is 1. The largest absolute Gasteiger partial charge is 0.490 e. The molecule has 1 aromatic carbocycles. The highest BCUT2D eigenvalue weighted by molar-refractivity contribution is 5.88. The number of methoxy groups -OCH3 is 1. The van der Waals surface area contributed by atoms with Crippen molar-refractivity contribution < 1.29 is 18.7 Å². The summed E-state index contributed by atoms with van der Waals surface area (Å²) < 4.78 is 24.0. The lowest BCUT2D eigenvalue weighted by Gasteiger charge is -2.12. The number of benzene rings is 1. The molecule has 2 aliphatic rings. The molecule has 1 saturated heterocycles. The summed E-state index contributed by atoms with van der Waals surface area (Å²) in [5.74, 6) is 0.811. The number of aromatic nitrogens is 1. The number of halogens is 1. The van der Waals surface area contributed by atoms with Crippen LogP contribution in [-0.2, 0) is 4.74 Å². The number of nitrogens with one attached hydrogen (secondary N) is 1. The van der Waals surface area contributed by atoms with Crippen LogP contribution >= 0.6 is 0 Å². The minimum atomic E-state index is -0.526. The molecule has 124 valence electrons. The van der Waals surface area contributed by atoms with Gasteiger partial charge in [-0.3, -0.25) is 0 Å². The van der Waals surface area contributed by atoms with Crippen LogP contribution in [0.1, 0.15) is 10.5 Å². The zero-order valence-electron chi connectivity index (χ0n) is 13.2. The second-order valence-electron chi connectivity index (χ2n) is 6.14. The van der Waals surface area contributed by atoms with Gasteiger partial charge in [-0.1, -0.05) is 0 Å². The zero-order chi connectivity index (χ0) is 16.7. The molecule has 0 bridgehead atoms. The molecule has 1 N–H and O–H groups in total. The van der Waals surface area contributed by atoms with Gasteiger partial charge in [0.2, 0.25) is 0 Å². The van der Waals surface area contributed by atoms with Crippen LogP contribution in [0.25, 0.3) is 11.3 Å². The third kappa shape index (κ3) is 2.73. The minimum absolute atomic E-state index is 0.179. The molecule has 1 saturated carbocycles. The lowest BCUT2D eigenvalue weighted by atomic mass is 10.1. The highest BCUT2D eigenvalue weighted by atomic mass is 19.1. The summed E-state index contributed by atoms with van der Waals surface area (Å²) in [5.41, 5.74) is 1.44.